The number of methoxy groups -OCH3 is 1. The zero-order chi connectivity index (χ0) is 17.5. The van der Waals surface area contributed by atoms with Crippen LogP contribution in [0, 0.1) is 0 Å². The van der Waals surface area contributed by atoms with Crippen LogP contribution in [0.5, 0.6) is 5.75 Å². The minimum Gasteiger partial charge on any atom is -0.497 e. The van der Waals surface area contributed by atoms with Crippen molar-refractivity contribution in [2.24, 2.45) is 0 Å². The number of benzene rings is 2. The summed E-state index contributed by atoms with van der Waals surface area (Å²) in [4.78, 5) is 0. The fraction of sp³-hybridized carbons (Fsp3) is 0.429. The minimum atomic E-state index is -0.514. The lowest BCUT2D eigenvalue weighted by molar-refractivity contribution is -0.0167. The van der Waals surface area contributed by atoms with Gasteiger partial charge in [0.25, 0.3) is 0 Å². The van der Waals surface area contributed by atoms with E-state index in [0.717, 1.165) is 30.6 Å². The van der Waals surface area contributed by atoms with Crippen LogP contribution in [0.1, 0.15) is 35.6 Å². The van der Waals surface area contributed by atoms with Gasteiger partial charge in [0.05, 0.1) is 25.9 Å². The molecule has 0 spiro atoms. The van der Waals surface area contributed by atoms with Gasteiger partial charge in [-0.25, -0.2) is 0 Å². The van der Waals surface area contributed by atoms with E-state index in [4.69, 9.17) is 9.47 Å². The maximum atomic E-state index is 10.2. The summed E-state index contributed by atoms with van der Waals surface area (Å²) in [6.45, 7) is 1.55. The first-order chi connectivity index (χ1) is 12.3. The van der Waals surface area contributed by atoms with Crippen molar-refractivity contribution in [3.63, 3.8) is 0 Å². The van der Waals surface area contributed by atoms with Crippen molar-refractivity contribution >= 4 is 0 Å². The molecule has 0 saturated heterocycles. The van der Waals surface area contributed by atoms with E-state index in [1.165, 1.54) is 11.1 Å². The molecule has 0 saturated carbocycles. The molecule has 134 valence electrons. The number of hydrogen-bond acceptors (Lipinski definition) is 4. The Bertz CT molecular complexity index is 674. The standard InChI is InChI=1S/C21H27NO3/c1-24-19-9-4-6-16(12-19)13-22-14-18(23)15-25-21-11-5-8-17-7-2-3-10-20(17)21/h2-4,6-7,9-10,12,18,21-23H,5,8,11,13-15H2,1H3/t18-,21+/m1/s1. The Morgan fingerprint density at radius 2 is 2.08 bits per heavy atom. The lowest BCUT2D eigenvalue weighted by Gasteiger charge is -2.26. The van der Waals surface area contributed by atoms with Crippen molar-refractivity contribution in [1.82, 2.24) is 5.32 Å². The molecule has 2 atom stereocenters. The van der Waals surface area contributed by atoms with Gasteiger partial charge in [-0.2, -0.15) is 0 Å². The van der Waals surface area contributed by atoms with Crippen LogP contribution >= 0.6 is 0 Å². The second kappa shape index (κ2) is 8.99. The maximum Gasteiger partial charge on any atom is 0.119 e. The number of aliphatic hydroxyl groups excluding tert-OH is 1. The first-order valence-electron chi connectivity index (χ1n) is 8.97. The van der Waals surface area contributed by atoms with E-state index in [1.54, 1.807) is 7.11 Å². The zero-order valence-electron chi connectivity index (χ0n) is 14.8. The van der Waals surface area contributed by atoms with Gasteiger partial charge in [-0.05, 0) is 48.1 Å². The third kappa shape index (κ3) is 5.05. The number of fused-ring (bicyclic) bond motifs is 1. The van der Waals surface area contributed by atoms with E-state index in [2.05, 4.69) is 29.6 Å². The van der Waals surface area contributed by atoms with Gasteiger partial charge in [-0.3, -0.25) is 0 Å². The summed E-state index contributed by atoms with van der Waals surface area (Å²) >= 11 is 0. The lowest BCUT2D eigenvalue weighted by Crippen LogP contribution is -2.31. The van der Waals surface area contributed by atoms with E-state index in [0.29, 0.717) is 19.7 Å². The van der Waals surface area contributed by atoms with Crippen molar-refractivity contribution in [3.05, 3.63) is 65.2 Å². The molecular formula is C21H27NO3. The molecule has 2 aromatic rings. The van der Waals surface area contributed by atoms with Gasteiger partial charge in [-0.15, -0.1) is 0 Å². The summed E-state index contributed by atoms with van der Waals surface area (Å²) in [5.41, 5.74) is 3.79. The van der Waals surface area contributed by atoms with Crippen LogP contribution in [-0.2, 0) is 17.7 Å². The molecular weight excluding hydrogens is 314 g/mol. The molecule has 25 heavy (non-hydrogen) atoms. The van der Waals surface area contributed by atoms with Crippen molar-refractivity contribution in [2.75, 3.05) is 20.3 Å². The highest BCUT2D eigenvalue weighted by molar-refractivity contribution is 5.31. The van der Waals surface area contributed by atoms with Crippen LogP contribution in [-0.4, -0.2) is 31.5 Å². The molecule has 1 aliphatic carbocycles. The molecule has 0 fully saturated rings. The molecule has 2 N–H and O–H groups in total. The van der Waals surface area contributed by atoms with E-state index in [-0.39, 0.29) is 6.10 Å². The fourth-order valence-electron chi connectivity index (χ4n) is 3.33. The molecule has 4 heteroatoms. The number of nitrogens with one attached hydrogen (secondary N) is 1. The largest absolute Gasteiger partial charge is 0.497 e. The maximum absolute atomic E-state index is 10.2. The highest BCUT2D eigenvalue weighted by atomic mass is 16.5. The number of hydrogen-bond donors (Lipinski definition) is 2. The molecule has 0 aliphatic heterocycles. The van der Waals surface area contributed by atoms with Crippen LogP contribution in [0.3, 0.4) is 0 Å². The van der Waals surface area contributed by atoms with Crippen LogP contribution in [0.2, 0.25) is 0 Å². The lowest BCUT2D eigenvalue weighted by atomic mass is 9.89. The van der Waals surface area contributed by atoms with Gasteiger partial charge in [0.1, 0.15) is 5.75 Å². The van der Waals surface area contributed by atoms with Crippen molar-refractivity contribution in [3.8, 4) is 5.75 Å². The SMILES string of the molecule is COc1cccc(CNC[C@@H](O)CO[C@H]2CCCc3ccccc32)c1. The van der Waals surface area contributed by atoms with Crippen LogP contribution in [0.25, 0.3) is 0 Å². The van der Waals surface area contributed by atoms with E-state index in [1.807, 2.05) is 24.3 Å². The third-order valence-electron chi connectivity index (χ3n) is 4.65. The van der Waals surface area contributed by atoms with Crippen molar-refractivity contribution in [1.29, 1.82) is 0 Å². The fourth-order valence-corrected chi connectivity index (χ4v) is 3.33. The average Bonchev–Trinajstić information content (AvgIpc) is 2.66. The summed E-state index contributed by atoms with van der Waals surface area (Å²) in [6.07, 6.45) is 2.89. The van der Waals surface area contributed by atoms with Gasteiger partial charge in [0, 0.05) is 13.1 Å². The second-order valence-electron chi connectivity index (χ2n) is 6.55. The molecule has 0 bridgehead atoms. The Labute approximate surface area is 149 Å². The monoisotopic (exact) mass is 341 g/mol. The number of aliphatic hydroxyl groups is 1. The second-order valence-corrected chi connectivity index (χ2v) is 6.55. The molecule has 0 heterocycles. The topological polar surface area (TPSA) is 50.7 Å². The van der Waals surface area contributed by atoms with Gasteiger partial charge < -0.3 is 19.9 Å². The summed E-state index contributed by atoms with van der Waals surface area (Å²) < 4.78 is 11.2. The van der Waals surface area contributed by atoms with Crippen LogP contribution < -0.4 is 10.1 Å². The van der Waals surface area contributed by atoms with Gasteiger partial charge >= 0.3 is 0 Å². The van der Waals surface area contributed by atoms with Crippen molar-refractivity contribution < 1.29 is 14.6 Å². The van der Waals surface area contributed by atoms with Crippen LogP contribution in [0.15, 0.2) is 48.5 Å². The third-order valence-corrected chi connectivity index (χ3v) is 4.65. The van der Waals surface area contributed by atoms with Gasteiger partial charge in [0.2, 0.25) is 0 Å². The smallest absolute Gasteiger partial charge is 0.119 e. The highest BCUT2D eigenvalue weighted by Crippen LogP contribution is 2.32. The average molecular weight is 341 g/mol. The zero-order valence-corrected chi connectivity index (χ0v) is 14.8. The Morgan fingerprint density at radius 3 is 2.96 bits per heavy atom. The molecule has 3 rings (SSSR count). The molecule has 1 aliphatic rings. The first-order valence-corrected chi connectivity index (χ1v) is 8.97. The Balaban J connectivity index is 1.42. The first kappa shape index (κ1) is 17.9. The predicted octanol–water partition coefficient (Wildman–Crippen LogP) is 3.24. The van der Waals surface area contributed by atoms with Gasteiger partial charge in [0.15, 0.2) is 0 Å². The van der Waals surface area contributed by atoms with Gasteiger partial charge in [-0.1, -0.05) is 36.4 Å². The molecule has 0 unspecified atom stereocenters. The quantitative estimate of drug-likeness (QED) is 0.774. The van der Waals surface area contributed by atoms with E-state index < -0.39 is 6.10 Å². The predicted molar refractivity (Wildman–Crippen MR) is 98.8 cm³/mol. The number of aryl methyl sites for hydroxylation is 1. The minimum absolute atomic E-state index is 0.109. The number of ether oxygens (including phenoxy) is 2. The molecule has 4 nitrogen and oxygen atoms in total. The van der Waals surface area contributed by atoms with E-state index >= 15 is 0 Å². The molecule has 2 aromatic carbocycles. The summed E-state index contributed by atoms with van der Waals surface area (Å²) in [6, 6.07) is 16.4. The highest BCUT2D eigenvalue weighted by Gasteiger charge is 2.21. The molecule has 0 radical (unpaired) electrons. The Morgan fingerprint density at radius 1 is 1.20 bits per heavy atom. The van der Waals surface area contributed by atoms with E-state index in [9.17, 15) is 5.11 Å². The summed E-state index contributed by atoms with van der Waals surface area (Å²) in [5.74, 6) is 0.846. The summed E-state index contributed by atoms with van der Waals surface area (Å²) in [7, 11) is 1.66. The Hall–Kier alpha value is -1.88. The van der Waals surface area contributed by atoms with Crippen LogP contribution in [0.4, 0.5) is 0 Å². The summed E-state index contributed by atoms with van der Waals surface area (Å²) in [5, 5.41) is 13.5. The number of rotatable bonds is 8. The molecule has 0 amide bonds. The van der Waals surface area contributed by atoms with Crippen molar-refractivity contribution in [2.45, 2.75) is 38.0 Å². The molecule has 0 aromatic heterocycles. The normalized spacial score (nSPS) is 17.8. The Kier molecular flexibility index (Phi) is 6.45.